The van der Waals surface area contributed by atoms with Crippen molar-refractivity contribution in [2.45, 2.75) is 0 Å². The number of nitrogens with zero attached hydrogens (tertiary/aromatic N) is 2. The molecule has 0 spiro atoms. The smallest absolute Gasteiger partial charge is 0.266 e. The summed E-state index contributed by atoms with van der Waals surface area (Å²) in [5, 5.41) is 1.21. The zero-order valence-electron chi connectivity index (χ0n) is 14.2. The third-order valence-corrected chi connectivity index (χ3v) is 4.89. The maximum Gasteiger partial charge on any atom is 0.266 e. The van der Waals surface area contributed by atoms with Gasteiger partial charge in [-0.3, -0.25) is 9.69 Å². The molecule has 0 bridgehead atoms. The standard InChI is InChI=1S/C20H17ClN2O2S/c1-3-11-25-17-10-5-4-7-14(17)12-18-19(24)23(2)20(26-18)22-16-9-6-8-15(21)13-16/h3-10,12-13H,1,11H2,2H3/b18-12+,22-20?. The number of amides is 1. The highest BCUT2D eigenvalue weighted by atomic mass is 35.5. The highest BCUT2D eigenvalue weighted by molar-refractivity contribution is 8.18. The van der Waals surface area contributed by atoms with Crippen LogP contribution in [-0.4, -0.2) is 29.6 Å². The lowest BCUT2D eigenvalue weighted by molar-refractivity contribution is -0.121. The van der Waals surface area contributed by atoms with E-state index in [2.05, 4.69) is 11.6 Å². The molecule has 1 saturated heterocycles. The van der Waals surface area contributed by atoms with Gasteiger partial charge in [-0.05, 0) is 42.1 Å². The van der Waals surface area contributed by atoms with E-state index >= 15 is 0 Å². The molecule has 0 saturated carbocycles. The molecule has 6 heteroatoms. The molecule has 1 fully saturated rings. The fourth-order valence-electron chi connectivity index (χ4n) is 2.33. The molecule has 4 nitrogen and oxygen atoms in total. The van der Waals surface area contributed by atoms with E-state index in [0.29, 0.717) is 33.1 Å². The van der Waals surface area contributed by atoms with Gasteiger partial charge in [0.05, 0.1) is 10.6 Å². The van der Waals surface area contributed by atoms with Crippen LogP contribution in [0.3, 0.4) is 0 Å². The van der Waals surface area contributed by atoms with Crippen LogP contribution in [0.15, 0.2) is 71.1 Å². The molecule has 1 aliphatic heterocycles. The summed E-state index contributed by atoms with van der Waals surface area (Å²) in [6.07, 6.45) is 3.51. The lowest BCUT2D eigenvalue weighted by Crippen LogP contribution is -2.23. The van der Waals surface area contributed by atoms with Gasteiger partial charge in [0.15, 0.2) is 5.17 Å². The number of amidine groups is 1. The van der Waals surface area contributed by atoms with E-state index in [1.54, 1.807) is 25.3 Å². The number of carbonyl (C=O) groups excluding carboxylic acids is 1. The summed E-state index contributed by atoms with van der Waals surface area (Å²) in [5.41, 5.74) is 1.54. The highest BCUT2D eigenvalue weighted by Gasteiger charge is 2.30. The summed E-state index contributed by atoms with van der Waals surface area (Å²) in [6.45, 7) is 4.06. The van der Waals surface area contributed by atoms with Gasteiger partial charge in [0.1, 0.15) is 12.4 Å². The maximum absolute atomic E-state index is 12.6. The summed E-state index contributed by atoms with van der Waals surface area (Å²) in [6, 6.07) is 14.8. The van der Waals surface area contributed by atoms with Crippen molar-refractivity contribution in [3.8, 4) is 5.75 Å². The Morgan fingerprint density at radius 3 is 2.85 bits per heavy atom. The Balaban J connectivity index is 1.89. The Kier molecular flexibility index (Phi) is 5.81. The third kappa shape index (κ3) is 4.18. The monoisotopic (exact) mass is 384 g/mol. The number of hydrogen-bond acceptors (Lipinski definition) is 4. The van der Waals surface area contributed by atoms with Crippen LogP contribution in [0, 0.1) is 0 Å². The Morgan fingerprint density at radius 2 is 2.08 bits per heavy atom. The van der Waals surface area contributed by atoms with Crippen LogP contribution >= 0.6 is 23.4 Å². The second-order valence-corrected chi connectivity index (χ2v) is 6.93. The molecule has 2 aromatic rings. The van der Waals surface area contributed by atoms with E-state index in [1.807, 2.05) is 42.5 Å². The molecule has 0 unspecified atom stereocenters. The average molecular weight is 385 g/mol. The van der Waals surface area contributed by atoms with Gasteiger partial charge in [0, 0.05) is 17.6 Å². The van der Waals surface area contributed by atoms with Crippen molar-refractivity contribution in [3.63, 3.8) is 0 Å². The first-order valence-corrected chi connectivity index (χ1v) is 9.12. The van der Waals surface area contributed by atoms with Crippen molar-refractivity contribution in [3.05, 3.63) is 76.7 Å². The van der Waals surface area contributed by atoms with Crippen LogP contribution in [0.25, 0.3) is 6.08 Å². The van der Waals surface area contributed by atoms with Crippen molar-refractivity contribution >= 4 is 46.2 Å². The highest BCUT2D eigenvalue weighted by Crippen LogP contribution is 2.34. The van der Waals surface area contributed by atoms with E-state index < -0.39 is 0 Å². The summed E-state index contributed by atoms with van der Waals surface area (Å²) >= 11 is 7.33. The molecule has 0 aromatic heterocycles. The minimum absolute atomic E-state index is 0.102. The number of thioether (sulfide) groups is 1. The van der Waals surface area contributed by atoms with E-state index in [4.69, 9.17) is 16.3 Å². The van der Waals surface area contributed by atoms with Gasteiger partial charge in [-0.15, -0.1) is 0 Å². The van der Waals surface area contributed by atoms with Crippen LogP contribution in [0.2, 0.25) is 5.02 Å². The number of benzene rings is 2. The molecule has 1 amide bonds. The summed E-state index contributed by atoms with van der Waals surface area (Å²) < 4.78 is 5.65. The number of ether oxygens (including phenoxy) is 1. The van der Waals surface area contributed by atoms with Crippen molar-refractivity contribution in [1.29, 1.82) is 0 Å². The molecule has 26 heavy (non-hydrogen) atoms. The van der Waals surface area contributed by atoms with Crippen molar-refractivity contribution in [2.24, 2.45) is 4.99 Å². The van der Waals surface area contributed by atoms with Crippen LogP contribution in [0.4, 0.5) is 5.69 Å². The fraction of sp³-hybridized carbons (Fsp3) is 0.100. The van der Waals surface area contributed by atoms with E-state index in [1.165, 1.54) is 16.7 Å². The molecule has 0 N–H and O–H groups in total. The number of carbonyl (C=O) groups is 1. The Labute approximate surface area is 161 Å². The summed E-state index contributed by atoms with van der Waals surface area (Å²) in [7, 11) is 1.71. The number of hydrogen-bond donors (Lipinski definition) is 0. The summed E-state index contributed by atoms with van der Waals surface area (Å²) in [5.74, 6) is 0.602. The van der Waals surface area contributed by atoms with Gasteiger partial charge >= 0.3 is 0 Å². The molecular formula is C20H17ClN2O2S. The molecule has 0 radical (unpaired) electrons. The van der Waals surface area contributed by atoms with Crippen molar-refractivity contribution in [2.75, 3.05) is 13.7 Å². The van der Waals surface area contributed by atoms with Crippen LogP contribution in [0.1, 0.15) is 5.56 Å². The third-order valence-electron chi connectivity index (χ3n) is 3.60. The molecule has 1 aliphatic rings. The number of aliphatic imine (C=N–C) groups is 1. The first kappa shape index (κ1) is 18.3. The Morgan fingerprint density at radius 1 is 1.27 bits per heavy atom. The second kappa shape index (κ2) is 8.25. The second-order valence-electron chi connectivity index (χ2n) is 5.49. The first-order valence-electron chi connectivity index (χ1n) is 7.93. The van der Waals surface area contributed by atoms with Gasteiger partial charge < -0.3 is 4.74 Å². The molecule has 2 aromatic carbocycles. The first-order chi connectivity index (χ1) is 12.6. The van der Waals surface area contributed by atoms with Gasteiger partial charge in [0.2, 0.25) is 0 Å². The molecular weight excluding hydrogens is 368 g/mol. The SMILES string of the molecule is C=CCOc1ccccc1/C=C1/SC(=Nc2cccc(Cl)c2)N(C)C1=O. The zero-order chi connectivity index (χ0) is 18.5. The van der Waals surface area contributed by atoms with E-state index in [0.717, 1.165) is 5.56 Å². The minimum Gasteiger partial charge on any atom is -0.489 e. The van der Waals surface area contributed by atoms with Gasteiger partial charge in [-0.25, -0.2) is 4.99 Å². The number of likely N-dealkylation sites (N-methyl/N-ethyl adjacent to an activating group) is 1. The van der Waals surface area contributed by atoms with Crippen molar-refractivity contribution < 1.29 is 9.53 Å². The Bertz CT molecular complexity index is 908. The van der Waals surface area contributed by atoms with Gasteiger partial charge in [-0.2, -0.15) is 0 Å². The molecule has 1 heterocycles. The summed E-state index contributed by atoms with van der Waals surface area (Å²) in [4.78, 5) is 19.2. The van der Waals surface area contributed by atoms with Crippen LogP contribution in [-0.2, 0) is 4.79 Å². The van der Waals surface area contributed by atoms with Crippen molar-refractivity contribution in [1.82, 2.24) is 4.90 Å². The number of halogens is 1. The van der Waals surface area contributed by atoms with Crippen LogP contribution < -0.4 is 4.74 Å². The average Bonchev–Trinajstić information content (AvgIpc) is 2.89. The topological polar surface area (TPSA) is 41.9 Å². The molecule has 0 atom stereocenters. The quantitative estimate of drug-likeness (QED) is 0.529. The molecule has 0 aliphatic carbocycles. The van der Waals surface area contributed by atoms with Crippen LogP contribution in [0.5, 0.6) is 5.75 Å². The number of rotatable bonds is 5. The number of para-hydroxylation sites is 1. The molecule has 3 rings (SSSR count). The maximum atomic E-state index is 12.6. The van der Waals surface area contributed by atoms with Gasteiger partial charge in [0.25, 0.3) is 5.91 Å². The fourth-order valence-corrected chi connectivity index (χ4v) is 3.49. The normalized spacial score (nSPS) is 17.2. The lowest BCUT2D eigenvalue weighted by Gasteiger charge is -2.07. The minimum atomic E-state index is -0.102. The zero-order valence-corrected chi connectivity index (χ0v) is 15.8. The van der Waals surface area contributed by atoms with E-state index in [-0.39, 0.29) is 5.91 Å². The van der Waals surface area contributed by atoms with Gasteiger partial charge in [-0.1, -0.05) is 48.5 Å². The predicted molar refractivity (Wildman–Crippen MR) is 109 cm³/mol. The lowest BCUT2D eigenvalue weighted by atomic mass is 10.2. The van der Waals surface area contributed by atoms with E-state index in [9.17, 15) is 4.79 Å². The largest absolute Gasteiger partial charge is 0.489 e. The Hall–Kier alpha value is -2.50. The predicted octanol–water partition coefficient (Wildman–Crippen LogP) is 5.14. The molecule has 132 valence electrons.